The van der Waals surface area contributed by atoms with Gasteiger partial charge in [0.2, 0.25) is 9.84 Å². The van der Waals surface area contributed by atoms with E-state index in [-0.39, 0.29) is 10.5 Å². The van der Waals surface area contributed by atoms with Gasteiger partial charge in [0.1, 0.15) is 16.5 Å². The van der Waals surface area contributed by atoms with E-state index in [0.717, 1.165) is 18.2 Å². The highest BCUT2D eigenvalue weighted by Crippen LogP contribution is 2.29. The minimum atomic E-state index is -4.08. The number of halogens is 2. The van der Waals surface area contributed by atoms with Crippen molar-refractivity contribution >= 4 is 27.7 Å². The van der Waals surface area contributed by atoms with E-state index in [1.54, 1.807) is 0 Å². The first kappa shape index (κ1) is 19.4. The number of hydrogen-bond donors (Lipinski definition) is 0. The number of nitro groups is 1. The number of benzene rings is 3. The molecule has 0 amide bonds. The van der Waals surface area contributed by atoms with Gasteiger partial charge in [-0.1, -0.05) is 36.4 Å². The van der Waals surface area contributed by atoms with E-state index in [2.05, 4.69) is 0 Å². The topological polar surface area (TPSA) is 77.3 Å². The number of nitro benzene ring substituents is 1. The Morgan fingerprint density at radius 1 is 0.893 bits per heavy atom. The first-order valence-electron chi connectivity index (χ1n) is 8.01. The predicted octanol–water partition coefficient (Wildman–Crippen LogP) is 4.88. The van der Waals surface area contributed by atoms with E-state index in [1.807, 2.05) is 0 Å². The summed E-state index contributed by atoms with van der Waals surface area (Å²) in [6.45, 7) is 0. The fourth-order valence-corrected chi connectivity index (χ4v) is 3.97. The lowest BCUT2D eigenvalue weighted by Gasteiger charge is -2.06. The van der Waals surface area contributed by atoms with Gasteiger partial charge in [-0.2, -0.15) is 0 Å². The molecule has 142 valence electrons. The van der Waals surface area contributed by atoms with Gasteiger partial charge in [0, 0.05) is 17.7 Å². The van der Waals surface area contributed by atoms with Gasteiger partial charge in [-0.15, -0.1) is 0 Å². The van der Waals surface area contributed by atoms with E-state index >= 15 is 0 Å². The van der Waals surface area contributed by atoms with Crippen LogP contribution in [0.2, 0.25) is 0 Å². The summed E-state index contributed by atoms with van der Waals surface area (Å²) in [5, 5.41) is 11.1. The quantitative estimate of drug-likeness (QED) is 0.347. The molecule has 0 heterocycles. The zero-order valence-corrected chi connectivity index (χ0v) is 15.1. The second-order valence-electron chi connectivity index (χ2n) is 5.80. The highest BCUT2D eigenvalue weighted by Gasteiger charge is 2.26. The fraction of sp³-hybridized carbons (Fsp3) is 0. The molecule has 0 aliphatic carbocycles. The van der Waals surface area contributed by atoms with Crippen LogP contribution in [0.3, 0.4) is 0 Å². The molecule has 0 aliphatic rings. The molecule has 0 aliphatic heterocycles. The first-order chi connectivity index (χ1) is 13.3. The Kier molecular flexibility index (Phi) is 5.32. The number of rotatable bonds is 5. The van der Waals surface area contributed by atoms with Crippen molar-refractivity contribution in [1.82, 2.24) is 0 Å². The molecule has 8 heteroatoms. The van der Waals surface area contributed by atoms with Crippen LogP contribution < -0.4 is 0 Å². The highest BCUT2D eigenvalue weighted by atomic mass is 32.2. The Bertz CT molecular complexity index is 1170. The zero-order valence-electron chi connectivity index (χ0n) is 14.2. The smallest absolute Gasteiger partial charge is 0.258 e. The number of para-hydroxylation sites is 1. The summed E-state index contributed by atoms with van der Waals surface area (Å²) in [7, 11) is -4.08. The molecule has 0 saturated carbocycles. The van der Waals surface area contributed by atoms with Crippen molar-refractivity contribution < 1.29 is 22.1 Å². The summed E-state index contributed by atoms with van der Waals surface area (Å²) in [6, 6.07) is 13.9. The molecule has 0 N–H and O–H groups in total. The average Bonchev–Trinajstić information content (AvgIpc) is 2.67. The van der Waals surface area contributed by atoms with Crippen molar-refractivity contribution in [3.8, 4) is 0 Å². The monoisotopic (exact) mass is 401 g/mol. The fourth-order valence-electron chi connectivity index (χ4n) is 2.54. The summed E-state index contributed by atoms with van der Waals surface area (Å²) < 4.78 is 52.0. The maximum Gasteiger partial charge on any atom is 0.288 e. The summed E-state index contributed by atoms with van der Waals surface area (Å²) in [5.41, 5.74) is 0.251. The van der Waals surface area contributed by atoms with Crippen LogP contribution in [0.1, 0.15) is 11.1 Å². The Hall–Kier alpha value is -3.39. The van der Waals surface area contributed by atoms with Gasteiger partial charge in [0.25, 0.3) is 5.69 Å². The molecular weight excluding hydrogens is 388 g/mol. The summed E-state index contributed by atoms with van der Waals surface area (Å²) >= 11 is 0. The number of hydrogen-bond acceptors (Lipinski definition) is 4. The van der Waals surface area contributed by atoms with Gasteiger partial charge in [0.15, 0.2) is 0 Å². The lowest BCUT2D eigenvalue weighted by atomic mass is 10.1. The molecule has 0 bridgehead atoms. The summed E-state index contributed by atoms with van der Waals surface area (Å²) in [5.74, 6) is -1.40. The normalized spacial score (nSPS) is 11.6. The van der Waals surface area contributed by atoms with E-state index in [0.29, 0.717) is 5.56 Å². The van der Waals surface area contributed by atoms with E-state index in [9.17, 15) is 27.3 Å². The lowest BCUT2D eigenvalue weighted by Crippen LogP contribution is -2.05. The summed E-state index contributed by atoms with van der Waals surface area (Å²) in [4.78, 5) is 9.85. The maximum absolute atomic E-state index is 13.6. The van der Waals surface area contributed by atoms with Crippen molar-refractivity contribution in [2.45, 2.75) is 9.79 Å². The molecule has 0 saturated heterocycles. The third-order valence-corrected chi connectivity index (χ3v) is 5.78. The Morgan fingerprint density at radius 2 is 1.57 bits per heavy atom. The molecule has 0 radical (unpaired) electrons. The average molecular weight is 401 g/mol. The van der Waals surface area contributed by atoms with Crippen LogP contribution in [-0.4, -0.2) is 13.3 Å². The van der Waals surface area contributed by atoms with E-state index in [1.165, 1.54) is 60.7 Å². The SMILES string of the molecule is O=[N+]([O-])c1ccccc1S(=O)(=O)c1ccc(C=Cc2ccc(F)cc2F)cc1. The molecule has 0 aromatic heterocycles. The van der Waals surface area contributed by atoms with Crippen LogP contribution in [0.15, 0.2) is 76.5 Å². The van der Waals surface area contributed by atoms with Crippen LogP contribution in [0.25, 0.3) is 12.2 Å². The van der Waals surface area contributed by atoms with Gasteiger partial charge in [-0.05, 0) is 35.9 Å². The molecule has 28 heavy (non-hydrogen) atoms. The number of nitrogens with zero attached hydrogens (tertiary/aromatic N) is 1. The van der Waals surface area contributed by atoms with Gasteiger partial charge in [-0.3, -0.25) is 10.1 Å². The van der Waals surface area contributed by atoms with Crippen LogP contribution >= 0.6 is 0 Å². The van der Waals surface area contributed by atoms with Gasteiger partial charge >= 0.3 is 0 Å². The summed E-state index contributed by atoms with van der Waals surface area (Å²) in [6.07, 6.45) is 2.97. The van der Waals surface area contributed by atoms with Crippen LogP contribution in [0, 0.1) is 21.7 Å². The van der Waals surface area contributed by atoms with E-state index < -0.39 is 37.0 Å². The van der Waals surface area contributed by atoms with Crippen molar-refractivity contribution in [2.24, 2.45) is 0 Å². The molecule has 0 fully saturated rings. The van der Waals surface area contributed by atoms with Gasteiger partial charge < -0.3 is 0 Å². The number of sulfone groups is 1. The largest absolute Gasteiger partial charge is 0.288 e. The Labute approximate surface area is 159 Å². The minimum absolute atomic E-state index is 0.105. The molecule has 0 spiro atoms. The van der Waals surface area contributed by atoms with E-state index in [4.69, 9.17) is 0 Å². The van der Waals surface area contributed by atoms with Crippen LogP contribution in [0.4, 0.5) is 14.5 Å². The van der Waals surface area contributed by atoms with Gasteiger partial charge in [0.05, 0.1) is 9.82 Å². The third kappa shape index (κ3) is 3.96. The molecule has 3 aromatic carbocycles. The highest BCUT2D eigenvalue weighted by molar-refractivity contribution is 7.91. The standard InChI is InChI=1S/C20H13F2NO4S/c21-16-10-9-15(18(22)13-16)8-5-14-6-11-17(12-7-14)28(26,27)20-4-2-1-3-19(20)23(24)25/h1-13H. The van der Waals surface area contributed by atoms with Crippen LogP contribution in [-0.2, 0) is 9.84 Å². The Balaban J connectivity index is 1.90. The second-order valence-corrected chi connectivity index (χ2v) is 7.71. The molecule has 5 nitrogen and oxygen atoms in total. The Morgan fingerprint density at radius 3 is 2.21 bits per heavy atom. The molecule has 3 rings (SSSR count). The molecule has 0 atom stereocenters. The van der Waals surface area contributed by atoms with Crippen molar-refractivity contribution in [3.63, 3.8) is 0 Å². The maximum atomic E-state index is 13.6. The third-order valence-electron chi connectivity index (χ3n) is 3.96. The molecule has 0 unspecified atom stereocenters. The molecular formula is C20H13F2NO4S. The van der Waals surface area contributed by atoms with Gasteiger partial charge in [-0.25, -0.2) is 17.2 Å². The van der Waals surface area contributed by atoms with Crippen molar-refractivity contribution in [2.75, 3.05) is 0 Å². The zero-order chi connectivity index (χ0) is 20.3. The predicted molar refractivity (Wildman–Crippen MR) is 100 cm³/mol. The minimum Gasteiger partial charge on any atom is -0.258 e. The lowest BCUT2D eigenvalue weighted by molar-refractivity contribution is -0.387. The van der Waals surface area contributed by atoms with Crippen molar-refractivity contribution in [3.05, 3.63) is 99.6 Å². The first-order valence-corrected chi connectivity index (χ1v) is 9.49. The van der Waals surface area contributed by atoms with Crippen molar-refractivity contribution in [1.29, 1.82) is 0 Å². The second kappa shape index (κ2) is 7.69. The van der Waals surface area contributed by atoms with Crippen LogP contribution in [0.5, 0.6) is 0 Å². The molecule has 3 aromatic rings.